The molecule has 0 aromatic heterocycles. The molecule has 1 unspecified atom stereocenters. The molecule has 1 saturated carbocycles. The Labute approximate surface area is 51.5 Å². The fourth-order valence-electron chi connectivity index (χ4n) is 1.25. The average molecular weight is 113 g/mol. The summed E-state index contributed by atoms with van der Waals surface area (Å²) < 4.78 is 0. The minimum atomic E-state index is 0.648. The van der Waals surface area contributed by atoms with Crippen LogP contribution in [0.5, 0.6) is 0 Å². The van der Waals surface area contributed by atoms with Crippen molar-refractivity contribution in [1.29, 1.82) is 0 Å². The molecule has 0 spiro atoms. The third-order valence-electron chi connectivity index (χ3n) is 2.51. The Hall–Kier alpha value is -0.0400. The normalized spacial score (nSPS) is 44.6. The van der Waals surface area contributed by atoms with Gasteiger partial charge in [-0.1, -0.05) is 13.8 Å². The maximum atomic E-state index is 3.28. The summed E-state index contributed by atoms with van der Waals surface area (Å²) in [6.07, 6.45) is 2.69. The smallest absolute Gasteiger partial charge is 0.0124 e. The van der Waals surface area contributed by atoms with E-state index in [9.17, 15) is 0 Å². The van der Waals surface area contributed by atoms with E-state index < -0.39 is 0 Å². The minimum absolute atomic E-state index is 0.648. The van der Waals surface area contributed by atoms with Gasteiger partial charge in [-0.05, 0) is 25.3 Å². The summed E-state index contributed by atoms with van der Waals surface area (Å²) in [6.45, 7) is 4.60. The molecular weight excluding hydrogens is 98.1 g/mol. The van der Waals surface area contributed by atoms with Gasteiger partial charge in [-0.15, -0.1) is 0 Å². The van der Waals surface area contributed by atoms with Gasteiger partial charge in [-0.2, -0.15) is 0 Å². The molecule has 0 aliphatic heterocycles. The molecule has 0 amide bonds. The Balaban J connectivity index is 2.31. The highest BCUT2D eigenvalue weighted by molar-refractivity contribution is 5.02. The SMILES string of the molecule is CC[C@]1(C)CC1NC. The fourth-order valence-corrected chi connectivity index (χ4v) is 1.25. The molecule has 1 aliphatic carbocycles. The molecule has 1 nitrogen and oxygen atoms in total. The van der Waals surface area contributed by atoms with Crippen LogP contribution < -0.4 is 5.32 Å². The molecule has 0 radical (unpaired) electrons. The third-order valence-corrected chi connectivity index (χ3v) is 2.51. The summed E-state index contributed by atoms with van der Waals surface area (Å²) in [5, 5.41) is 3.28. The predicted octanol–water partition coefficient (Wildman–Crippen LogP) is 1.39. The predicted molar refractivity (Wildman–Crippen MR) is 35.9 cm³/mol. The van der Waals surface area contributed by atoms with Crippen LogP contribution in [0.4, 0.5) is 0 Å². The van der Waals surface area contributed by atoms with Crippen LogP contribution in [0.3, 0.4) is 0 Å². The van der Waals surface area contributed by atoms with Gasteiger partial charge >= 0.3 is 0 Å². The Morgan fingerprint density at radius 1 is 1.75 bits per heavy atom. The highest BCUT2D eigenvalue weighted by Gasteiger charge is 2.46. The lowest BCUT2D eigenvalue weighted by Gasteiger charge is -2.04. The van der Waals surface area contributed by atoms with Crippen molar-refractivity contribution >= 4 is 0 Å². The molecule has 1 fully saturated rings. The molecule has 1 rings (SSSR count). The molecule has 48 valence electrons. The summed E-state index contributed by atoms with van der Waals surface area (Å²) in [7, 11) is 2.05. The second-order valence-corrected chi connectivity index (χ2v) is 3.05. The molecule has 1 heteroatoms. The fraction of sp³-hybridized carbons (Fsp3) is 1.00. The summed E-state index contributed by atoms with van der Waals surface area (Å²) in [6, 6.07) is 0.812. The zero-order chi connectivity index (χ0) is 6.20. The lowest BCUT2D eigenvalue weighted by Crippen LogP contribution is -2.15. The first-order valence-electron chi connectivity index (χ1n) is 3.40. The maximum Gasteiger partial charge on any atom is 0.0124 e. The number of nitrogens with one attached hydrogen (secondary N) is 1. The van der Waals surface area contributed by atoms with Crippen LogP contribution in [0.25, 0.3) is 0 Å². The third kappa shape index (κ3) is 0.752. The van der Waals surface area contributed by atoms with Gasteiger partial charge in [0, 0.05) is 6.04 Å². The molecule has 8 heavy (non-hydrogen) atoms. The van der Waals surface area contributed by atoms with Crippen LogP contribution >= 0.6 is 0 Å². The zero-order valence-electron chi connectivity index (χ0n) is 5.99. The minimum Gasteiger partial charge on any atom is -0.316 e. The first kappa shape index (κ1) is 6.09. The van der Waals surface area contributed by atoms with Gasteiger partial charge in [0.05, 0.1) is 0 Å². The summed E-state index contributed by atoms with van der Waals surface area (Å²) in [4.78, 5) is 0. The van der Waals surface area contributed by atoms with Gasteiger partial charge in [-0.25, -0.2) is 0 Å². The van der Waals surface area contributed by atoms with Gasteiger partial charge < -0.3 is 5.32 Å². The van der Waals surface area contributed by atoms with Crippen molar-refractivity contribution in [3.63, 3.8) is 0 Å². The van der Waals surface area contributed by atoms with Crippen molar-refractivity contribution in [2.45, 2.75) is 32.7 Å². The molecule has 0 saturated heterocycles. The lowest BCUT2D eigenvalue weighted by atomic mass is 10.1. The van der Waals surface area contributed by atoms with Crippen molar-refractivity contribution in [3.8, 4) is 0 Å². The monoisotopic (exact) mass is 113 g/mol. The van der Waals surface area contributed by atoms with Crippen molar-refractivity contribution in [2.24, 2.45) is 5.41 Å². The highest BCUT2D eigenvalue weighted by Crippen LogP contribution is 2.47. The van der Waals surface area contributed by atoms with Gasteiger partial charge in [0.25, 0.3) is 0 Å². The van der Waals surface area contributed by atoms with Crippen LogP contribution in [-0.2, 0) is 0 Å². The van der Waals surface area contributed by atoms with Crippen LogP contribution in [0.15, 0.2) is 0 Å². The number of hydrogen-bond donors (Lipinski definition) is 1. The lowest BCUT2D eigenvalue weighted by molar-refractivity contribution is 0.500. The summed E-state index contributed by atoms with van der Waals surface area (Å²) >= 11 is 0. The average Bonchev–Trinajstić information content (AvgIpc) is 2.44. The van der Waals surface area contributed by atoms with Gasteiger partial charge in [0.2, 0.25) is 0 Å². The maximum absolute atomic E-state index is 3.28. The van der Waals surface area contributed by atoms with Gasteiger partial charge in [0.15, 0.2) is 0 Å². The quantitative estimate of drug-likeness (QED) is 0.570. The van der Waals surface area contributed by atoms with E-state index >= 15 is 0 Å². The van der Waals surface area contributed by atoms with Crippen molar-refractivity contribution in [1.82, 2.24) is 5.32 Å². The van der Waals surface area contributed by atoms with E-state index in [1.165, 1.54) is 12.8 Å². The molecule has 0 bridgehead atoms. The van der Waals surface area contributed by atoms with E-state index in [1.807, 2.05) is 7.05 Å². The standard InChI is InChI=1S/C7H15N/c1-4-7(2)5-6(7)8-3/h6,8H,4-5H2,1-3H3/t6?,7-/m1/s1. The molecule has 0 aromatic rings. The highest BCUT2D eigenvalue weighted by atomic mass is 15.0. The van der Waals surface area contributed by atoms with Crippen LogP contribution in [0, 0.1) is 5.41 Å². The van der Waals surface area contributed by atoms with Gasteiger partial charge in [0.1, 0.15) is 0 Å². The molecule has 0 aromatic carbocycles. The Kier molecular flexibility index (Phi) is 1.31. The molecule has 2 atom stereocenters. The van der Waals surface area contributed by atoms with Crippen LogP contribution in [0.1, 0.15) is 26.7 Å². The summed E-state index contributed by atoms with van der Waals surface area (Å²) in [5.74, 6) is 0. The van der Waals surface area contributed by atoms with E-state index in [2.05, 4.69) is 19.2 Å². The van der Waals surface area contributed by atoms with Crippen molar-refractivity contribution in [2.75, 3.05) is 7.05 Å². The Bertz CT molecular complexity index is 90.4. The largest absolute Gasteiger partial charge is 0.316 e. The molecule has 0 heterocycles. The summed E-state index contributed by atoms with van der Waals surface area (Å²) in [5.41, 5.74) is 0.648. The molecular formula is C7H15N. The van der Waals surface area contributed by atoms with E-state index in [0.29, 0.717) is 5.41 Å². The van der Waals surface area contributed by atoms with Crippen molar-refractivity contribution in [3.05, 3.63) is 0 Å². The second kappa shape index (κ2) is 1.73. The number of hydrogen-bond acceptors (Lipinski definition) is 1. The molecule has 1 N–H and O–H groups in total. The van der Waals surface area contributed by atoms with E-state index in [-0.39, 0.29) is 0 Å². The van der Waals surface area contributed by atoms with Crippen LogP contribution in [0.2, 0.25) is 0 Å². The second-order valence-electron chi connectivity index (χ2n) is 3.05. The van der Waals surface area contributed by atoms with E-state index in [1.54, 1.807) is 0 Å². The molecule has 1 aliphatic rings. The zero-order valence-corrected chi connectivity index (χ0v) is 5.99. The Morgan fingerprint density at radius 3 is 2.50 bits per heavy atom. The van der Waals surface area contributed by atoms with E-state index in [0.717, 1.165) is 6.04 Å². The van der Waals surface area contributed by atoms with E-state index in [4.69, 9.17) is 0 Å². The number of rotatable bonds is 2. The Morgan fingerprint density at radius 2 is 2.38 bits per heavy atom. The van der Waals surface area contributed by atoms with Crippen LogP contribution in [-0.4, -0.2) is 13.1 Å². The van der Waals surface area contributed by atoms with Gasteiger partial charge in [-0.3, -0.25) is 0 Å². The first-order chi connectivity index (χ1) is 3.73. The van der Waals surface area contributed by atoms with Crippen molar-refractivity contribution < 1.29 is 0 Å². The topological polar surface area (TPSA) is 12.0 Å². The first-order valence-corrected chi connectivity index (χ1v) is 3.40.